The van der Waals surface area contributed by atoms with Gasteiger partial charge < -0.3 is 10.6 Å². The van der Waals surface area contributed by atoms with Gasteiger partial charge in [0.05, 0.1) is 0 Å². The molecule has 0 aliphatic heterocycles. The summed E-state index contributed by atoms with van der Waals surface area (Å²) in [4.78, 5) is 24.0. The molecule has 0 aliphatic rings. The lowest BCUT2D eigenvalue weighted by Crippen LogP contribution is -2.28. The van der Waals surface area contributed by atoms with Crippen LogP contribution in [0.1, 0.15) is 54.8 Å². The van der Waals surface area contributed by atoms with Crippen LogP contribution in [0, 0.1) is 11.8 Å². The number of hydrogen-bond acceptors (Lipinski definition) is 2. The van der Waals surface area contributed by atoms with Gasteiger partial charge in [-0.2, -0.15) is 0 Å². The standard InChI is InChI=1S/C17H26N2O2/c1-12(2)8-9-18-16(20)14-6-5-7-15(10-14)17(21)19-11-13(3)4/h5-7,10,12-13H,8-9,11H2,1-4H3,(H,18,20)(H,19,21). The van der Waals surface area contributed by atoms with Crippen LogP contribution >= 0.6 is 0 Å². The molecular formula is C17H26N2O2. The van der Waals surface area contributed by atoms with Crippen molar-refractivity contribution in [2.75, 3.05) is 13.1 Å². The first kappa shape index (κ1) is 17.2. The second-order valence-corrected chi connectivity index (χ2v) is 6.12. The first-order valence-electron chi connectivity index (χ1n) is 7.56. The summed E-state index contributed by atoms with van der Waals surface area (Å²) in [6.45, 7) is 9.60. The van der Waals surface area contributed by atoms with Gasteiger partial charge in [-0.05, 0) is 36.5 Å². The van der Waals surface area contributed by atoms with Crippen molar-refractivity contribution in [3.8, 4) is 0 Å². The van der Waals surface area contributed by atoms with E-state index >= 15 is 0 Å². The van der Waals surface area contributed by atoms with Crippen molar-refractivity contribution in [3.05, 3.63) is 35.4 Å². The van der Waals surface area contributed by atoms with E-state index in [0.29, 0.717) is 36.1 Å². The van der Waals surface area contributed by atoms with Gasteiger partial charge in [-0.3, -0.25) is 9.59 Å². The highest BCUT2D eigenvalue weighted by atomic mass is 16.2. The zero-order chi connectivity index (χ0) is 15.8. The molecule has 0 aromatic heterocycles. The first-order valence-corrected chi connectivity index (χ1v) is 7.56. The Kier molecular flexibility index (Phi) is 6.92. The molecule has 0 saturated heterocycles. The zero-order valence-corrected chi connectivity index (χ0v) is 13.4. The predicted octanol–water partition coefficient (Wildman–Crippen LogP) is 2.85. The molecule has 2 N–H and O–H groups in total. The highest BCUT2D eigenvalue weighted by Crippen LogP contribution is 2.06. The summed E-state index contributed by atoms with van der Waals surface area (Å²) in [5, 5.41) is 5.73. The van der Waals surface area contributed by atoms with Crippen LogP contribution in [-0.4, -0.2) is 24.9 Å². The molecule has 0 aliphatic carbocycles. The fourth-order valence-electron chi connectivity index (χ4n) is 1.78. The van der Waals surface area contributed by atoms with Gasteiger partial charge in [-0.25, -0.2) is 0 Å². The van der Waals surface area contributed by atoms with E-state index in [-0.39, 0.29) is 11.8 Å². The Bertz CT molecular complexity index is 481. The molecule has 1 aromatic rings. The minimum Gasteiger partial charge on any atom is -0.352 e. The summed E-state index contributed by atoms with van der Waals surface area (Å²) >= 11 is 0. The van der Waals surface area contributed by atoms with E-state index in [4.69, 9.17) is 0 Å². The summed E-state index contributed by atoms with van der Waals surface area (Å²) in [6.07, 6.45) is 0.945. The summed E-state index contributed by atoms with van der Waals surface area (Å²) in [5.74, 6) is 0.685. The van der Waals surface area contributed by atoms with E-state index < -0.39 is 0 Å². The Balaban J connectivity index is 2.62. The molecule has 2 amide bonds. The smallest absolute Gasteiger partial charge is 0.251 e. The Hall–Kier alpha value is -1.84. The molecular weight excluding hydrogens is 264 g/mol. The van der Waals surface area contributed by atoms with Crippen LogP contribution in [0.15, 0.2) is 24.3 Å². The summed E-state index contributed by atoms with van der Waals surface area (Å²) in [5.41, 5.74) is 1.04. The molecule has 0 saturated carbocycles. The molecule has 1 rings (SSSR count). The maximum atomic E-state index is 12.0. The predicted molar refractivity (Wildman–Crippen MR) is 85.4 cm³/mol. The number of carbonyl (C=O) groups is 2. The normalized spacial score (nSPS) is 10.8. The fraction of sp³-hybridized carbons (Fsp3) is 0.529. The van der Waals surface area contributed by atoms with Gasteiger partial charge in [-0.15, -0.1) is 0 Å². The topological polar surface area (TPSA) is 58.2 Å². The van der Waals surface area contributed by atoms with Gasteiger partial charge in [0.15, 0.2) is 0 Å². The average molecular weight is 290 g/mol. The minimum absolute atomic E-state index is 0.130. The Labute approximate surface area is 127 Å². The SMILES string of the molecule is CC(C)CCNC(=O)c1cccc(C(=O)NCC(C)C)c1. The van der Waals surface area contributed by atoms with Gasteiger partial charge in [-0.1, -0.05) is 33.8 Å². The Morgan fingerprint density at radius 3 is 2.05 bits per heavy atom. The van der Waals surface area contributed by atoms with Crippen LogP contribution in [-0.2, 0) is 0 Å². The van der Waals surface area contributed by atoms with E-state index in [9.17, 15) is 9.59 Å². The van der Waals surface area contributed by atoms with Crippen molar-refractivity contribution in [2.24, 2.45) is 11.8 Å². The number of nitrogens with one attached hydrogen (secondary N) is 2. The van der Waals surface area contributed by atoms with E-state index in [2.05, 4.69) is 24.5 Å². The molecule has 116 valence electrons. The second kappa shape index (κ2) is 8.45. The van der Waals surface area contributed by atoms with Gasteiger partial charge in [0.25, 0.3) is 11.8 Å². The lowest BCUT2D eigenvalue weighted by atomic mass is 10.1. The molecule has 0 heterocycles. The maximum Gasteiger partial charge on any atom is 0.251 e. The van der Waals surface area contributed by atoms with Gasteiger partial charge in [0.1, 0.15) is 0 Å². The van der Waals surface area contributed by atoms with E-state index in [1.807, 2.05) is 13.8 Å². The van der Waals surface area contributed by atoms with Crippen LogP contribution in [0.25, 0.3) is 0 Å². The lowest BCUT2D eigenvalue weighted by molar-refractivity contribution is 0.0949. The third-order valence-corrected chi connectivity index (χ3v) is 3.07. The molecule has 4 nitrogen and oxygen atoms in total. The van der Waals surface area contributed by atoms with Crippen LogP contribution < -0.4 is 10.6 Å². The van der Waals surface area contributed by atoms with Gasteiger partial charge in [0.2, 0.25) is 0 Å². The van der Waals surface area contributed by atoms with Crippen molar-refractivity contribution < 1.29 is 9.59 Å². The van der Waals surface area contributed by atoms with E-state index in [1.165, 1.54) is 0 Å². The van der Waals surface area contributed by atoms with Crippen molar-refractivity contribution in [1.29, 1.82) is 0 Å². The highest BCUT2D eigenvalue weighted by Gasteiger charge is 2.10. The summed E-state index contributed by atoms with van der Waals surface area (Å²) < 4.78 is 0. The maximum absolute atomic E-state index is 12.0. The molecule has 0 spiro atoms. The number of carbonyl (C=O) groups excluding carboxylic acids is 2. The quantitative estimate of drug-likeness (QED) is 0.811. The lowest BCUT2D eigenvalue weighted by Gasteiger charge is -2.10. The molecule has 0 bridgehead atoms. The molecule has 0 atom stereocenters. The number of hydrogen-bond donors (Lipinski definition) is 2. The van der Waals surface area contributed by atoms with Crippen molar-refractivity contribution in [2.45, 2.75) is 34.1 Å². The minimum atomic E-state index is -0.138. The van der Waals surface area contributed by atoms with Crippen molar-refractivity contribution >= 4 is 11.8 Å². The third-order valence-electron chi connectivity index (χ3n) is 3.07. The number of benzene rings is 1. The van der Waals surface area contributed by atoms with Crippen LogP contribution in [0.5, 0.6) is 0 Å². The fourth-order valence-corrected chi connectivity index (χ4v) is 1.78. The summed E-state index contributed by atoms with van der Waals surface area (Å²) in [6, 6.07) is 6.83. The molecule has 0 radical (unpaired) electrons. The van der Waals surface area contributed by atoms with Crippen LogP contribution in [0.2, 0.25) is 0 Å². The molecule has 1 aromatic carbocycles. The van der Waals surface area contributed by atoms with E-state index in [1.54, 1.807) is 24.3 Å². The van der Waals surface area contributed by atoms with Crippen molar-refractivity contribution in [3.63, 3.8) is 0 Å². The largest absolute Gasteiger partial charge is 0.352 e. The zero-order valence-electron chi connectivity index (χ0n) is 13.4. The Morgan fingerprint density at radius 2 is 1.52 bits per heavy atom. The van der Waals surface area contributed by atoms with Gasteiger partial charge in [0, 0.05) is 24.2 Å². The highest BCUT2D eigenvalue weighted by molar-refractivity contribution is 5.99. The molecule has 0 unspecified atom stereocenters. The third kappa shape index (κ3) is 6.43. The summed E-state index contributed by atoms with van der Waals surface area (Å²) in [7, 11) is 0. The van der Waals surface area contributed by atoms with Gasteiger partial charge >= 0.3 is 0 Å². The molecule has 21 heavy (non-hydrogen) atoms. The van der Waals surface area contributed by atoms with Crippen molar-refractivity contribution in [1.82, 2.24) is 10.6 Å². The first-order chi connectivity index (χ1) is 9.90. The number of amides is 2. The van der Waals surface area contributed by atoms with Crippen LogP contribution in [0.4, 0.5) is 0 Å². The second-order valence-electron chi connectivity index (χ2n) is 6.12. The molecule has 0 fully saturated rings. The van der Waals surface area contributed by atoms with E-state index in [0.717, 1.165) is 6.42 Å². The number of rotatable bonds is 7. The Morgan fingerprint density at radius 1 is 0.952 bits per heavy atom. The monoisotopic (exact) mass is 290 g/mol. The average Bonchev–Trinajstić information content (AvgIpc) is 2.44. The van der Waals surface area contributed by atoms with Crippen LogP contribution in [0.3, 0.4) is 0 Å². The molecule has 4 heteroatoms.